The molecule has 0 aliphatic heterocycles. The van der Waals surface area contributed by atoms with Crippen LogP contribution in [-0.4, -0.2) is 26.0 Å². The Hall–Kier alpha value is -1.26. The Morgan fingerprint density at radius 1 is 1.13 bits per heavy atom. The summed E-state index contributed by atoms with van der Waals surface area (Å²) in [6.45, 7) is 15.9. The maximum atomic E-state index is 12.9. The first kappa shape index (κ1) is 24.4. The summed E-state index contributed by atoms with van der Waals surface area (Å²) in [6.07, 6.45) is 11.4. The second-order valence-electron chi connectivity index (χ2n) is 11.2. The quantitative estimate of drug-likeness (QED) is 0.553. The molecule has 1 aromatic heterocycles. The lowest BCUT2D eigenvalue weighted by molar-refractivity contribution is -0.136. The highest BCUT2D eigenvalue weighted by Gasteiger charge is 2.56. The molecule has 1 aromatic rings. The van der Waals surface area contributed by atoms with E-state index in [0.717, 1.165) is 23.7 Å². The number of aryl methyl sites for hydroxylation is 1. The van der Waals surface area contributed by atoms with E-state index in [1.165, 1.54) is 56.2 Å². The molecule has 3 aliphatic carbocycles. The van der Waals surface area contributed by atoms with Crippen molar-refractivity contribution in [1.29, 1.82) is 0 Å². The molecule has 3 aliphatic rings. The van der Waals surface area contributed by atoms with Gasteiger partial charge in [-0.3, -0.25) is 4.79 Å². The molecule has 0 radical (unpaired) electrons. The van der Waals surface area contributed by atoms with Crippen molar-refractivity contribution < 1.29 is 4.79 Å². The number of ketones is 1. The molecule has 0 spiro atoms. The van der Waals surface area contributed by atoms with Gasteiger partial charge in [-0.15, -0.1) is 10.2 Å². The normalized spacial score (nSPS) is 39.6. The highest BCUT2D eigenvalue weighted by Crippen LogP contribution is 2.64. The number of aromatic nitrogens is 4. The number of tetrazole rings is 1. The zero-order chi connectivity index (χ0) is 22.8. The van der Waals surface area contributed by atoms with E-state index in [-0.39, 0.29) is 17.7 Å². The number of carbonyl (C=O) groups excluding carboxylic acids is 1. The molecule has 5 nitrogen and oxygen atoms in total. The van der Waals surface area contributed by atoms with Crippen LogP contribution in [0, 0.1) is 47.3 Å². The van der Waals surface area contributed by atoms with Crippen molar-refractivity contribution in [3.63, 3.8) is 0 Å². The number of nitrogens with zero attached hydrogens (tertiary/aromatic N) is 4. The second kappa shape index (κ2) is 9.70. The van der Waals surface area contributed by atoms with E-state index in [1.807, 2.05) is 20.8 Å². The first-order chi connectivity index (χ1) is 14.7. The summed E-state index contributed by atoms with van der Waals surface area (Å²) in [5.41, 5.74) is 0.657. The van der Waals surface area contributed by atoms with Gasteiger partial charge in [0, 0.05) is 6.42 Å². The maximum absolute atomic E-state index is 12.9. The van der Waals surface area contributed by atoms with Crippen molar-refractivity contribution in [2.24, 2.45) is 40.4 Å². The van der Waals surface area contributed by atoms with Gasteiger partial charge in [0.25, 0.3) is 0 Å². The summed E-state index contributed by atoms with van der Waals surface area (Å²) >= 11 is 0. The first-order valence-corrected chi connectivity index (χ1v) is 13.0. The third-order valence-corrected chi connectivity index (χ3v) is 9.36. The molecule has 0 saturated heterocycles. The van der Waals surface area contributed by atoms with Crippen molar-refractivity contribution in [3.8, 4) is 0 Å². The summed E-state index contributed by atoms with van der Waals surface area (Å²) in [5, 5.41) is 12.1. The summed E-state index contributed by atoms with van der Waals surface area (Å²) < 4.78 is 0. The van der Waals surface area contributed by atoms with Gasteiger partial charge in [0.15, 0.2) is 11.6 Å². The van der Waals surface area contributed by atoms with E-state index in [0.29, 0.717) is 23.6 Å². The topological polar surface area (TPSA) is 60.7 Å². The van der Waals surface area contributed by atoms with Crippen molar-refractivity contribution in [2.45, 2.75) is 113 Å². The maximum Gasteiger partial charge on any atom is 0.171 e. The van der Waals surface area contributed by atoms with Gasteiger partial charge in [0.2, 0.25) is 0 Å². The highest BCUT2D eigenvalue weighted by molar-refractivity contribution is 5.78. The van der Waals surface area contributed by atoms with Crippen LogP contribution in [0.25, 0.3) is 0 Å². The molecule has 7 unspecified atom stereocenters. The van der Waals surface area contributed by atoms with Crippen LogP contribution in [-0.2, 0) is 11.3 Å². The molecular weight excluding hydrogens is 384 g/mol. The molecule has 5 heteroatoms. The van der Waals surface area contributed by atoms with Gasteiger partial charge in [-0.2, -0.15) is 4.80 Å². The Morgan fingerprint density at radius 2 is 1.87 bits per heavy atom. The third-order valence-electron chi connectivity index (χ3n) is 9.36. The number of Topliss-reactive ketones (excluding diaryl/α,β-unsaturated/α-hetero) is 1. The molecule has 3 fully saturated rings. The Morgan fingerprint density at radius 3 is 2.52 bits per heavy atom. The van der Waals surface area contributed by atoms with E-state index in [1.54, 1.807) is 0 Å². The van der Waals surface area contributed by atoms with Gasteiger partial charge < -0.3 is 0 Å². The molecule has 176 valence electrons. The zero-order valence-electron chi connectivity index (χ0n) is 21.2. The minimum absolute atomic E-state index is 0.119. The molecule has 4 rings (SSSR count). The van der Waals surface area contributed by atoms with Gasteiger partial charge in [0.1, 0.15) is 6.54 Å². The number of rotatable bonds is 5. The molecule has 1 heterocycles. The van der Waals surface area contributed by atoms with Crippen molar-refractivity contribution in [3.05, 3.63) is 5.82 Å². The molecule has 0 aromatic carbocycles. The van der Waals surface area contributed by atoms with Crippen molar-refractivity contribution in [2.75, 3.05) is 0 Å². The number of hydrogen-bond donors (Lipinski definition) is 0. The minimum Gasteiger partial charge on any atom is -0.298 e. The molecule has 0 bridgehead atoms. The molecule has 3 saturated carbocycles. The van der Waals surface area contributed by atoms with Crippen LogP contribution in [0.5, 0.6) is 0 Å². The number of hydrogen-bond acceptors (Lipinski definition) is 4. The number of carbonyl (C=O) groups is 1. The Bertz CT molecular complexity index is 746. The van der Waals surface area contributed by atoms with E-state index >= 15 is 0 Å². The van der Waals surface area contributed by atoms with E-state index in [4.69, 9.17) is 0 Å². The standard InChI is InChI=1S/C24H40N4O.C2H6/c1-6-21-20-8-7-18-13-16(2)9-12-24(18,5)22(20)10-11-23(21,4)14-19(29)15-28-26-17(3)25-27-28;1-2/h16,18,20-22H,6-15H2,1-5H3;1-2H3. The zero-order valence-corrected chi connectivity index (χ0v) is 21.2. The lowest BCUT2D eigenvalue weighted by Gasteiger charge is -2.61. The van der Waals surface area contributed by atoms with Crippen LogP contribution < -0.4 is 0 Å². The van der Waals surface area contributed by atoms with Crippen LogP contribution in [0.3, 0.4) is 0 Å². The van der Waals surface area contributed by atoms with Crippen LogP contribution in [0.15, 0.2) is 0 Å². The fraction of sp³-hybridized carbons (Fsp3) is 0.923. The van der Waals surface area contributed by atoms with Gasteiger partial charge in [-0.25, -0.2) is 0 Å². The van der Waals surface area contributed by atoms with Crippen LogP contribution >= 0.6 is 0 Å². The predicted octanol–water partition coefficient (Wildman–Crippen LogP) is 6.26. The van der Waals surface area contributed by atoms with Gasteiger partial charge >= 0.3 is 0 Å². The average Bonchev–Trinajstić information content (AvgIpc) is 3.14. The summed E-state index contributed by atoms with van der Waals surface area (Å²) in [4.78, 5) is 14.4. The lowest BCUT2D eigenvalue weighted by Crippen LogP contribution is -2.53. The average molecular weight is 431 g/mol. The largest absolute Gasteiger partial charge is 0.298 e. The SMILES string of the molecule is CC.CCC1C2CCC3CC(C)CCC3(C)C2CCC1(C)CC(=O)Cn1nnc(C)n1. The highest BCUT2D eigenvalue weighted by atomic mass is 16.1. The monoisotopic (exact) mass is 430 g/mol. The summed E-state index contributed by atoms with van der Waals surface area (Å²) in [6, 6.07) is 0. The third kappa shape index (κ3) is 4.75. The molecule has 0 amide bonds. The molecule has 0 N–H and O–H groups in total. The van der Waals surface area contributed by atoms with Crippen molar-refractivity contribution in [1.82, 2.24) is 20.2 Å². The number of fused-ring (bicyclic) bond motifs is 3. The second-order valence-corrected chi connectivity index (χ2v) is 11.2. The Balaban J connectivity index is 0.00000132. The first-order valence-electron chi connectivity index (χ1n) is 13.0. The van der Waals surface area contributed by atoms with Gasteiger partial charge in [-0.05, 0) is 91.1 Å². The fourth-order valence-electron chi connectivity index (χ4n) is 7.94. The Kier molecular flexibility index (Phi) is 7.63. The van der Waals surface area contributed by atoms with Gasteiger partial charge in [-0.1, -0.05) is 54.4 Å². The fourth-order valence-corrected chi connectivity index (χ4v) is 7.94. The van der Waals surface area contributed by atoms with E-state index in [9.17, 15) is 4.79 Å². The summed E-state index contributed by atoms with van der Waals surface area (Å²) in [5.74, 6) is 5.04. The van der Waals surface area contributed by atoms with Crippen LogP contribution in [0.2, 0.25) is 0 Å². The van der Waals surface area contributed by atoms with Crippen molar-refractivity contribution >= 4 is 5.78 Å². The molecule has 31 heavy (non-hydrogen) atoms. The smallest absolute Gasteiger partial charge is 0.171 e. The summed E-state index contributed by atoms with van der Waals surface area (Å²) in [7, 11) is 0. The Labute approximate surface area is 190 Å². The lowest BCUT2D eigenvalue weighted by atomic mass is 9.43. The van der Waals surface area contributed by atoms with Crippen LogP contribution in [0.4, 0.5) is 0 Å². The predicted molar refractivity (Wildman–Crippen MR) is 125 cm³/mol. The molecular formula is C26H46N4O. The van der Waals surface area contributed by atoms with E-state index < -0.39 is 0 Å². The van der Waals surface area contributed by atoms with Crippen LogP contribution in [0.1, 0.15) is 105 Å². The molecule has 7 atom stereocenters. The minimum atomic E-state index is 0.119. The van der Waals surface area contributed by atoms with Gasteiger partial charge in [0.05, 0.1) is 0 Å². The van der Waals surface area contributed by atoms with E-state index in [2.05, 4.69) is 43.1 Å².